The van der Waals surface area contributed by atoms with E-state index in [1.807, 2.05) is 44.2 Å². The largest absolute Gasteiger partial charge is 0.307 e. The predicted molar refractivity (Wildman–Crippen MR) is 72.4 cm³/mol. The van der Waals surface area contributed by atoms with Crippen molar-refractivity contribution in [3.63, 3.8) is 0 Å². The highest BCUT2D eigenvalue weighted by Gasteiger charge is 2.02. The van der Waals surface area contributed by atoms with E-state index in [0.29, 0.717) is 6.42 Å². The van der Waals surface area contributed by atoms with E-state index < -0.39 is 6.17 Å². The van der Waals surface area contributed by atoms with Gasteiger partial charge in [0.1, 0.15) is 6.17 Å². The molecule has 3 heteroatoms. The lowest BCUT2D eigenvalue weighted by Crippen LogP contribution is -2.24. The first kappa shape index (κ1) is 13.3. The molecule has 0 bridgehead atoms. The maximum Gasteiger partial charge on any atom is 0.143 e. The van der Waals surface area contributed by atoms with Gasteiger partial charge in [-0.05, 0) is 29.9 Å². The minimum atomic E-state index is -0.671. The summed E-state index contributed by atoms with van der Waals surface area (Å²) >= 11 is 0. The third kappa shape index (κ3) is 3.96. The Morgan fingerprint density at radius 1 is 1.35 bits per heavy atom. The van der Waals surface area contributed by atoms with Gasteiger partial charge in [-0.2, -0.15) is 0 Å². The second-order valence-electron chi connectivity index (χ2n) is 3.80. The zero-order valence-electron chi connectivity index (χ0n) is 10.3. The maximum atomic E-state index is 10.3. The van der Waals surface area contributed by atoms with Crippen LogP contribution in [-0.4, -0.2) is 6.17 Å². The van der Waals surface area contributed by atoms with Gasteiger partial charge in [0, 0.05) is 6.42 Å². The van der Waals surface area contributed by atoms with Crippen LogP contribution in [0.25, 0.3) is 12.2 Å². The molecule has 17 heavy (non-hydrogen) atoms. The van der Waals surface area contributed by atoms with Gasteiger partial charge in [-0.25, -0.2) is 0 Å². The van der Waals surface area contributed by atoms with Crippen molar-refractivity contribution in [2.45, 2.75) is 26.4 Å². The molecule has 1 aromatic rings. The molecular formula is C14H18N2O. The average Bonchev–Trinajstić information content (AvgIpc) is 2.38. The van der Waals surface area contributed by atoms with Crippen LogP contribution in [0.15, 0.2) is 41.1 Å². The zero-order chi connectivity index (χ0) is 12.7. The number of hydrogen-bond acceptors (Lipinski definition) is 3. The molecule has 0 aliphatic rings. The van der Waals surface area contributed by atoms with Gasteiger partial charge in [-0.15, -0.1) is 4.91 Å². The number of rotatable bonds is 4. The van der Waals surface area contributed by atoms with Gasteiger partial charge in [-0.1, -0.05) is 47.7 Å². The van der Waals surface area contributed by atoms with E-state index in [1.165, 1.54) is 5.22 Å². The van der Waals surface area contributed by atoms with Crippen LogP contribution in [0.5, 0.6) is 0 Å². The molecule has 0 spiro atoms. The average molecular weight is 230 g/mol. The summed E-state index contributed by atoms with van der Waals surface area (Å²) in [5.74, 6) is 0. The molecule has 0 amide bonds. The summed E-state index contributed by atoms with van der Waals surface area (Å²) in [4.78, 5) is 10.3. The highest BCUT2D eigenvalue weighted by Crippen LogP contribution is 2.05. The monoisotopic (exact) mass is 230 g/mol. The molecule has 0 fully saturated rings. The number of nitrogens with zero attached hydrogens (tertiary/aromatic N) is 1. The molecule has 0 saturated carbocycles. The van der Waals surface area contributed by atoms with E-state index >= 15 is 0 Å². The van der Waals surface area contributed by atoms with Crippen LogP contribution in [0.1, 0.15) is 20.3 Å². The van der Waals surface area contributed by atoms with Gasteiger partial charge in [0.2, 0.25) is 0 Å². The Kier molecular flexibility index (Phi) is 5.30. The topological polar surface area (TPSA) is 55.4 Å². The lowest BCUT2D eigenvalue weighted by molar-refractivity contribution is 0.705. The maximum absolute atomic E-state index is 10.3. The molecule has 0 heterocycles. The first-order valence-electron chi connectivity index (χ1n) is 5.67. The number of allylic oxidation sites excluding steroid dienone is 1. The van der Waals surface area contributed by atoms with Crippen LogP contribution in [0.4, 0.5) is 0 Å². The van der Waals surface area contributed by atoms with Crippen LogP contribution >= 0.6 is 0 Å². The number of nitroso groups, excluding NO2 is 1. The fourth-order valence-electron chi connectivity index (χ4n) is 1.64. The van der Waals surface area contributed by atoms with Crippen LogP contribution in [0.3, 0.4) is 0 Å². The second-order valence-corrected chi connectivity index (χ2v) is 3.80. The van der Waals surface area contributed by atoms with Crippen LogP contribution in [0.2, 0.25) is 0 Å². The van der Waals surface area contributed by atoms with Crippen LogP contribution in [-0.2, 0) is 0 Å². The van der Waals surface area contributed by atoms with Gasteiger partial charge >= 0.3 is 0 Å². The fraction of sp³-hybridized carbons (Fsp3) is 0.286. The predicted octanol–water partition coefficient (Wildman–Crippen LogP) is 1.66. The Hall–Kier alpha value is -1.74. The summed E-state index contributed by atoms with van der Waals surface area (Å²) in [6.07, 6.45) is 5.85. The lowest BCUT2D eigenvalue weighted by Gasteiger charge is -2.03. The molecule has 1 aromatic carbocycles. The third-order valence-electron chi connectivity index (χ3n) is 2.60. The van der Waals surface area contributed by atoms with E-state index in [1.54, 1.807) is 0 Å². The molecule has 0 aromatic heterocycles. The number of nitrogens with two attached hydrogens (primary N) is 1. The minimum Gasteiger partial charge on any atom is -0.307 e. The molecular weight excluding hydrogens is 212 g/mol. The molecule has 1 rings (SSSR count). The first-order chi connectivity index (χ1) is 8.21. The summed E-state index contributed by atoms with van der Waals surface area (Å²) in [7, 11) is 0. The Bertz CT molecular complexity index is 517. The molecule has 3 nitrogen and oxygen atoms in total. The van der Waals surface area contributed by atoms with Crippen molar-refractivity contribution in [1.29, 1.82) is 0 Å². The van der Waals surface area contributed by atoms with Gasteiger partial charge < -0.3 is 5.73 Å². The van der Waals surface area contributed by atoms with Crippen molar-refractivity contribution in [1.82, 2.24) is 0 Å². The summed E-state index contributed by atoms with van der Waals surface area (Å²) < 4.78 is 0. The van der Waals surface area contributed by atoms with Crippen LogP contribution in [0, 0.1) is 4.91 Å². The van der Waals surface area contributed by atoms with Crippen molar-refractivity contribution < 1.29 is 0 Å². The first-order valence-corrected chi connectivity index (χ1v) is 5.67. The number of benzene rings is 1. The van der Waals surface area contributed by atoms with Gasteiger partial charge in [-0.3, -0.25) is 0 Å². The van der Waals surface area contributed by atoms with Crippen LogP contribution < -0.4 is 16.2 Å². The Balaban J connectivity index is 3.12. The fourth-order valence-corrected chi connectivity index (χ4v) is 1.64. The van der Waals surface area contributed by atoms with Gasteiger partial charge in [0.05, 0.1) is 0 Å². The highest BCUT2D eigenvalue weighted by molar-refractivity contribution is 5.47. The van der Waals surface area contributed by atoms with E-state index in [-0.39, 0.29) is 0 Å². The Morgan fingerprint density at radius 2 is 2.00 bits per heavy atom. The van der Waals surface area contributed by atoms with Crippen molar-refractivity contribution in [3.8, 4) is 0 Å². The SMILES string of the molecule is C\C=C(/C=c1/cccc/c1=C/C)C[C@H](N)N=O. The standard InChI is InChI=1S/C14H18N2O/c1-3-11(10-14(15)16-17)9-13-8-6-5-7-12(13)4-2/h3-9,14H,10,15H2,1-2H3/b11-3+,12-4-,13-9-/t14-/m1/s1. The molecule has 0 aliphatic carbocycles. The quantitative estimate of drug-likeness (QED) is 0.800. The van der Waals surface area contributed by atoms with Gasteiger partial charge in [0.25, 0.3) is 0 Å². The molecule has 0 radical (unpaired) electrons. The summed E-state index contributed by atoms with van der Waals surface area (Å²) in [5.41, 5.74) is 6.55. The smallest absolute Gasteiger partial charge is 0.143 e. The van der Waals surface area contributed by atoms with Crippen molar-refractivity contribution >= 4 is 12.2 Å². The van der Waals surface area contributed by atoms with Crippen molar-refractivity contribution in [2.75, 3.05) is 0 Å². The number of hydrogen-bond donors (Lipinski definition) is 1. The van der Waals surface area contributed by atoms with Gasteiger partial charge in [0.15, 0.2) is 0 Å². The Morgan fingerprint density at radius 3 is 2.53 bits per heavy atom. The van der Waals surface area contributed by atoms with Crippen molar-refractivity contribution in [2.24, 2.45) is 10.9 Å². The third-order valence-corrected chi connectivity index (χ3v) is 2.60. The molecule has 2 N–H and O–H groups in total. The van der Waals surface area contributed by atoms with Crippen molar-refractivity contribution in [3.05, 3.63) is 51.3 Å². The Labute approximate surface area is 101 Å². The normalized spacial score (nSPS) is 16.1. The molecule has 90 valence electrons. The molecule has 0 aliphatic heterocycles. The lowest BCUT2D eigenvalue weighted by atomic mass is 10.1. The van der Waals surface area contributed by atoms with E-state index in [9.17, 15) is 4.91 Å². The highest BCUT2D eigenvalue weighted by atomic mass is 16.3. The van der Waals surface area contributed by atoms with E-state index in [2.05, 4.69) is 17.3 Å². The summed E-state index contributed by atoms with van der Waals surface area (Å²) in [6.45, 7) is 3.93. The molecule has 1 atom stereocenters. The summed E-state index contributed by atoms with van der Waals surface area (Å²) in [6, 6.07) is 8.08. The minimum absolute atomic E-state index is 0.470. The molecule has 0 saturated heterocycles. The molecule has 0 unspecified atom stereocenters. The zero-order valence-corrected chi connectivity index (χ0v) is 10.3. The summed E-state index contributed by atoms with van der Waals surface area (Å²) in [5, 5.41) is 5.11. The second kappa shape index (κ2) is 6.76. The van der Waals surface area contributed by atoms with E-state index in [0.717, 1.165) is 10.8 Å². The van der Waals surface area contributed by atoms with E-state index in [4.69, 9.17) is 5.73 Å².